The Morgan fingerprint density at radius 3 is 2.44 bits per heavy atom. The maximum atomic E-state index is 12.6. The quantitative estimate of drug-likeness (QED) is 0.455. The third-order valence-corrected chi connectivity index (χ3v) is 5.45. The zero-order valence-corrected chi connectivity index (χ0v) is 16.3. The number of halogens is 2. The third kappa shape index (κ3) is 4.84. The van der Waals surface area contributed by atoms with Crippen LogP contribution >= 0.6 is 35.0 Å². The molecule has 0 unspecified atom stereocenters. The number of hydrogen-bond acceptors (Lipinski definition) is 4. The van der Waals surface area contributed by atoms with Crippen molar-refractivity contribution in [2.45, 2.75) is 16.4 Å². The molecule has 3 aromatic carbocycles. The van der Waals surface area contributed by atoms with Gasteiger partial charge in [0.05, 0.1) is 11.1 Å². The van der Waals surface area contributed by atoms with Crippen molar-refractivity contribution < 1.29 is 9.53 Å². The van der Waals surface area contributed by atoms with Gasteiger partial charge < -0.3 is 4.74 Å². The molecule has 0 saturated carbocycles. The first-order chi connectivity index (χ1) is 13.1. The molecule has 0 saturated heterocycles. The van der Waals surface area contributed by atoms with Crippen LogP contribution < -0.4 is 0 Å². The Kier molecular flexibility index (Phi) is 6.41. The molecule has 0 atom stereocenters. The average Bonchev–Trinajstić information content (AvgIpc) is 2.68. The molecule has 0 aliphatic carbocycles. The predicted octanol–water partition coefficient (Wildman–Crippen LogP) is 6.37. The number of carbonyl (C=O) groups excluding carboxylic acids is 1. The molecule has 0 aliphatic heterocycles. The average molecular weight is 414 g/mol. The van der Waals surface area contributed by atoms with E-state index in [2.05, 4.69) is 6.07 Å². The maximum absolute atomic E-state index is 12.6. The molecule has 27 heavy (non-hydrogen) atoms. The second-order valence-corrected chi connectivity index (χ2v) is 7.45. The van der Waals surface area contributed by atoms with Crippen LogP contribution in [0, 0.1) is 11.3 Å². The number of carbonyl (C=O) groups is 1. The first kappa shape index (κ1) is 19.3. The third-order valence-electron chi connectivity index (χ3n) is 3.71. The van der Waals surface area contributed by atoms with Crippen molar-refractivity contribution in [3.8, 4) is 6.07 Å². The molecule has 0 aromatic heterocycles. The number of benzene rings is 3. The van der Waals surface area contributed by atoms with E-state index in [9.17, 15) is 10.1 Å². The molecule has 0 amide bonds. The van der Waals surface area contributed by atoms with Crippen molar-refractivity contribution in [3.63, 3.8) is 0 Å². The summed E-state index contributed by atoms with van der Waals surface area (Å²) in [5, 5.41) is 10.2. The van der Waals surface area contributed by atoms with E-state index in [4.69, 9.17) is 27.9 Å². The molecular weight excluding hydrogens is 401 g/mol. The van der Waals surface area contributed by atoms with Crippen LogP contribution in [0.5, 0.6) is 0 Å². The molecule has 3 nitrogen and oxygen atoms in total. The standard InChI is InChI=1S/C21H13Cl2NO2S/c22-16-10-9-15(18(23)11-16)13-26-21(25)17-6-2-4-8-20(17)27-19-7-3-1-5-14(19)12-24/h1-11H,13H2. The lowest BCUT2D eigenvalue weighted by atomic mass is 10.2. The molecule has 0 fully saturated rings. The maximum Gasteiger partial charge on any atom is 0.339 e. The monoisotopic (exact) mass is 413 g/mol. The summed E-state index contributed by atoms with van der Waals surface area (Å²) >= 11 is 13.4. The molecule has 0 aliphatic rings. The summed E-state index contributed by atoms with van der Waals surface area (Å²) in [4.78, 5) is 14.1. The van der Waals surface area contributed by atoms with E-state index in [0.29, 0.717) is 31.6 Å². The summed E-state index contributed by atoms with van der Waals surface area (Å²) in [6.07, 6.45) is 0. The summed E-state index contributed by atoms with van der Waals surface area (Å²) in [5.74, 6) is -0.460. The first-order valence-electron chi connectivity index (χ1n) is 7.95. The van der Waals surface area contributed by atoms with Gasteiger partial charge in [-0.2, -0.15) is 5.26 Å². The summed E-state index contributed by atoms with van der Waals surface area (Å²) in [7, 11) is 0. The Hall–Kier alpha value is -2.45. The van der Waals surface area contributed by atoms with Gasteiger partial charge in [-0.25, -0.2) is 4.79 Å². The van der Waals surface area contributed by atoms with Gasteiger partial charge in [-0.3, -0.25) is 0 Å². The Labute approximate surface area is 171 Å². The van der Waals surface area contributed by atoms with Crippen LogP contribution in [0.1, 0.15) is 21.5 Å². The molecule has 0 bridgehead atoms. The number of esters is 1. The van der Waals surface area contributed by atoms with Crippen LogP contribution in [-0.4, -0.2) is 5.97 Å². The highest BCUT2D eigenvalue weighted by molar-refractivity contribution is 7.99. The molecule has 134 valence electrons. The number of hydrogen-bond donors (Lipinski definition) is 0. The summed E-state index contributed by atoms with van der Waals surface area (Å²) < 4.78 is 5.42. The minimum Gasteiger partial charge on any atom is -0.457 e. The molecular formula is C21H13Cl2NO2S. The van der Waals surface area contributed by atoms with Gasteiger partial charge in [-0.15, -0.1) is 0 Å². The second kappa shape index (κ2) is 8.96. The van der Waals surface area contributed by atoms with E-state index in [1.165, 1.54) is 11.8 Å². The van der Waals surface area contributed by atoms with Crippen molar-refractivity contribution in [2.24, 2.45) is 0 Å². The normalized spacial score (nSPS) is 10.3. The highest BCUT2D eigenvalue weighted by atomic mass is 35.5. The fourth-order valence-corrected chi connectivity index (χ4v) is 3.83. The molecule has 3 aromatic rings. The second-order valence-electron chi connectivity index (χ2n) is 5.52. The van der Waals surface area contributed by atoms with Crippen molar-refractivity contribution in [1.29, 1.82) is 5.26 Å². The SMILES string of the molecule is N#Cc1ccccc1Sc1ccccc1C(=O)OCc1ccc(Cl)cc1Cl. The summed E-state index contributed by atoms with van der Waals surface area (Å²) in [6, 6.07) is 21.6. The summed E-state index contributed by atoms with van der Waals surface area (Å²) in [5.41, 5.74) is 1.66. The molecule has 0 N–H and O–H groups in total. The highest BCUT2D eigenvalue weighted by Gasteiger charge is 2.15. The van der Waals surface area contributed by atoms with Gasteiger partial charge >= 0.3 is 5.97 Å². The fourth-order valence-electron chi connectivity index (χ4n) is 2.35. The minimum atomic E-state index is -0.460. The van der Waals surface area contributed by atoms with E-state index in [1.54, 1.807) is 42.5 Å². The smallest absolute Gasteiger partial charge is 0.339 e. The Morgan fingerprint density at radius 1 is 1.00 bits per heavy atom. The lowest BCUT2D eigenvalue weighted by Gasteiger charge is -2.11. The van der Waals surface area contributed by atoms with Gasteiger partial charge in [0.15, 0.2) is 0 Å². The van der Waals surface area contributed by atoms with Gasteiger partial charge in [0.2, 0.25) is 0 Å². The fraction of sp³-hybridized carbons (Fsp3) is 0.0476. The van der Waals surface area contributed by atoms with Crippen LogP contribution in [-0.2, 0) is 11.3 Å². The predicted molar refractivity (Wildman–Crippen MR) is 107 cm³/mol. The topological polar surface area (TPSA) is 50.1 Å². The largest absolute Gasteiger partial charge is 0.457 e. The molecule has 0 spiro atoms. The zero-order chi connectivity index (χ0) is 19.2. The van der Waals surface area contributed by atoms with E-state index in [-0.39, 0.29) is 6.61 Å². The summed E-state index contributed by atoms with van der Waals surface area (Å²) in [6.45, 7) is 0.0443. The number of nitriles is 1. The van der Waals surface area contributed by atoms with Crippen LogP contribution in [0.2, 0.25) is 10.0 Å². The van der Waals surface area contributed by atoms with Gasteiger partial charge in [-0.05, 0) is 36.4 Å². The molecule has 6 heteroatoms. The Balaban J connectivity index is 1.79. The van der Waals surface area contributed by atoms with Crippen molar-refractivity contribution in [2.75, 3.05) is 0 Å². The van der Waals surface area contributed by atoms with Crippen molar-refractivity contribution in [1.82, 2.24) is 0 Å². The lowest BCUT2D eigenvalue weighted by Crippen LogP contribution is -2.07. The number of ether oxygens (including phenoxy) is 1. The van der Waals surface area contributed by atoms with Crippen LogP contribution in [0.25, 0.3) is 0 Å². The minimum absolute atomic E-state index is 0.0443. The first-order valence-corrected chi connectivity index (χ1v) is 9.53. The van der Waals surface area contributed by atoms with Crippen LogP contribution in [0.3, 0.4) is 0 Å². The number of rotatable bonds is 5. The van der Waals surface area contributed by atoms with Gasteiger partial charge in [0.25, 0.3) is 0 Å². The van der Waals surface area contributed by atoms with E-state index < -0.39 is 5.97 Å². The van der Waals surface area contributed by atoms with Gasteiger partial charge in [-0.1, -0.05) is 65.3 Å². The highest BCUT2D eigenvalue weighted by Crippen LogP contribution is 2.33. The van der Waals surface area contributed by atoms with Crippen molar-refractivity contribution in [3.05, 3.63) is 93.5 Å². The number of nitrogens with zero attached hydrogens (tertiary/aromatic N) is 1. The van der Waals surface area contributed by atoms with Crippen LogP contribution in [0.15, 0.2) is 76.5 Å². The van der Waals surface area contributed by atoms with Crippen LogP contribution in [0.4, 0.5) is 0 Å². The molecule has 0 heterocycles. The molecule has 3 rings (SSSR count). The molecule has 0 radical (unpaired) electrons. The van der Waals surface area contributed by atoms with Gasteiger partial charge in [0.1, 0.15) is 12.7 Å². The van der Waals surface area contributed by atoms with Crippen molar-refractivity contribution >= 4 is 40.9 Å². The van der Waals surface area contributed by atoms with E-state index in [0.717, 1.165) is 4.90 Å². The van der Waals surface area contributed by atoms with Gasteiger partial charge in [0, 0.05) is 25.4 Å². The van der Waals surface area contributed by atoms with E-state index in [1.807, 2.05) is 24.3 Å². The Bertz CT molecular complexity index is 1030. The zero-order valence-electron chi connectivity index (χ0n) is 14.0. The lowest BCUT2D eigenvalue weighted by molar-refractivity contribution is 0.0469. The van der Waals surface area contributed by atoms with E-state index >= 15 is 0 Å². The Morgan fingerprint density at radius 2 is 1.70 bits per heavy atom.